The molecule has 9 heteroatoms. The van der Waals surface area contributed by atoms with Crippen molar-refractivity contribution in [3.63, 3.8) is 0 Å². The topological polar surface area (TPSA) is 115 Å². The zero-order chi connectivity index (χ0) is 20.6. The largest absolute Gasteiger partial charge is 0.488 e. The maximum absolute atomic E-state index is 12.2. The molecule has 148 valence electrons. The Kier molecular flexibility index (Phi) is 6.31. The van der Waals surface area contributed by atoms with Gasteiger partial charge in [-0.15, -0.1) is 0 Å². The third-order valence-corrected chi connectivity index (χ3v) is 3.78. The first-order valence-electron chi connectivity index (χ1n) is 8.66. The first-order valence-corrected chi connectivity index (χ1v) is 8.66. The molecule has 0 saturated heterocycles. The Balaban J connectivity index is 1.73. The van der Waals surface area contributed by atoms with E-state index >= 15 is 0 Å². The van der Waals surface area contributed by atoms with Crippen molar-refractivity contribution < 1.29 is 19.1 Å². The van der Waals surface area contributed by atoms with E-state index in [1.54, 1.807) is 43.7 Å². The van der Waals surface area contributed by atoms with E-state index in [2.05, 4.69) is 25.6 Å². The minimum absolute atomic E-state index is 0.201. The molecule has 0 fully saturated rings. The molecule has 2 aromatic heterocycles. The van der Waals surface area contributed by atoms with Crippen molar-refractivity contribution >= 4 is 23.5 Å². The van der Waals surface area contributed by atoms with E-state index in [9.17, 15) is 9.59 Å². The second-order valence-corrected chi connectivity index (χ2v) is 5.97. The molecule has 1 aromatic carbocycles. The molecule has 3 rings (SSSR count). The molecule has 3 aromatic rings. The average molecular weight is 393 g/mol. The van der Waals surface area contributed by atoms with Crippen LogP contribution in [0.5, 0.6) is 5.75 Å². The Morgan fingerprint density at radius 3 is 2.62 bits per heavy atom. The van der Waals surface area contributed by atoms with Gasteiger partial charge in [-0.05, 0) is 25.1 Å². The van der Waals surface area contributed by atoms with E-state index in [-0.39, 0.29) is 17.9 Å². The van der Waals surface area contributed by atoms with E-state index in [1.807, 2.05) is 6.07 Å². The van der Waals surface area contributed by atoms with Crippen molar-refractivity contribution in [2.24, 2.45) is 0 Å². The van der Waals surface area contributed by atoms with Gasteiger partial charge in [0.2, 0.25) is 0 Å². The minimum Gasteiger partial charge on any atom is -0.488 e. The summed E-state index contributed by atoms with van der Waals surface area (Å²) in [5.41, 5.74) is 2.24. The number of pyridine rings is 1. The van der Waals surface area contributed by atoms with Crippen molar-refractivity contribution in [1.29, 1.82) is 0 Å². The summed E-state index contributed by atoms with van der Waals surface area (Å²) in [6.45, 7) is 2.00. The van der Waals surface area contributed by atoms with Gasteiger partial charge in [0.05, 0.1) is 25.2 Å². The van der Waals surface area contributed by atoms with Gasteiger partial charge in [-0.25, -0.2) is 14.6 Å². The number of anilines is 2. The summed E-state index contributed by atoms with van der Waals surface area (Å²) >= 11 is 0. The predicted molar refractivity (Wildman–Crippen MR) is 106 cm³/mol. The number of carbonyl (C=O) groups is 2. The normalized spacial score (nSPS) is 10.1. The zero-order valence-electron chi connectivity index (χ0n) is 15.9. The summed E-state index contributed by atoms with van der Waals surface area (Å²) in [6, 6.07) is 7.77. The first kappa shape index (κ1) is 19.7. The molecule has 2 amide bonds. The SMILES string of the molecule is COC(=O)c1ccc(NC(=O)Nc2cnc(C)cn2)cc1OCc1cccnc1. The fraction of sp³-hybridized carbons (Fsp3) is 0.150. The van der Waals surface area contributed by atoms with Gasteiger partial charge < -0.3 is 14.8 Å². The molecule has 0 saturated carbocycles. The van der Waals surface area contributed by atoms with Crippen molar-refractivity contribution in [1.82, 2.24) is 15.0 Å². The Labute approximate surface area is 167 Å². The van der Waals surface area contributed by atoms with Crippen molar-refractivity contribution in [3.05, 3.63) is 71.9 Å². The summed E-state index contributed by atoms with van der Waals surface area (Å²) in [5.74, 6) is 0.0399. The molecule has 0 bridgehead atoms. The molecule has 0 atom stereocenters. The maximum atomic E-state index is 12.2. The van der Waals surface area contributed by atoms with Gasteiger partial charge in [0.25, 0.3) is 0 Å². The summed E-state index contributed by atoms with van der Waals surface area (Å²) < 4.78 is 10.6. The molecule has 0 aliphatic heterocycles. The average Bonchev–Trinajstić information content (AvgIpc) is 2.74. The van der Waals surface area contributed by atoms with Crippen LogP contribution < -0.4 is 15.4 Å². The monoisotopic (exact) mass is 393 g/mol. The molecule has 0 unspecified atom stereocenters. The standard InChI is InChI=1S/C20H19N5O4/c1-13-9-23-18(11-22-13)25-20(27)24-15-5-6-16(19(26)28-2)17(8-15)29-12-14-4-3-7-21-10-14/h3-11H,12H2,1-2H3,(H2,23,24,25,27). The lowest BCUT2D eigenvalue weighted by Gasteiger charge is -2.13. The molecule has 0 radical (unpaired) electrons. The summed E-state index contributed by atoms with van der Waals surface area (Å²) in [4.78, 5) is 36.4. The van der Waals surface area contributed by atoms with Crippen LogP contribution in [0, 0.1) is 6.92 Å². The Morgan fingerprint density at radius 2 is 1.93 bits per heavy atom. The smallest absolute Gasteiger partial charge is 0.341 e. The minimum atomic E-state index is -0.544. The van der Waals surface area contributed by atoms with E-state index in [4.69, 9.17) is 9.47 Å². The van der Waals surface area contributed by atoms with Crippen molar-refractivity contribution in [3.8, 4) is 5.75 Å². The van der Waals surface area contributed by atoms with Crippen LogP contribution in [-0.2, 0) is 11.3 Å². The molecule has 29 heavy (non-hydrogen) atoms. The number of methoxy groups -OCH3 is 1. The number of nitrogens with zero attached hydrogens (tertiary/aromatic N) is 3. The molecular weight excluding hydrogens is 374 g/mol. The van der Waals surface area contributed by atoms with Gasteiger partial charge in [0, 0.05) is 29.7 Å². The molecule has 0 spiro atoms. The summed E-state index contributed by atoms with van der Waals surface area (Å²) in [7, 11) is 1.29. The van der Waals surface area contributed by atoms with Gasteiger partial charge in [-0.3, -0.25) is 15.3 Å². The lowest BCUT2D eigenvalue weighted by molar-refractivity contribution is 0.0595. The summed E-state index contributed by atoms with van der Waals surface area (Å²) in [6.07, 6.45) is 6.32. The van der Waals surface area contributed by atoms with E-state index < -0.39 is 12.0 Å². The van der Waals surface area contributed by atoms with Crippen LogP contribution in [0.15, 0.2) is 55.1 Å². The Bertz CT molecular complexity index is 994. The maximum Gasteiger partial charge on any atom is 0.341 e. The molecular formula is C20H19N5O4. The third-order valence-electron chi connectivity index (χ3n) is 3.78. The fourth-order valence-corrected chi connectivity index (χ4v) is 2.38. The number of urea groups is 1. The van der Waals surface area contributed by atoms with Crippen LogP contribution in [0.2, 0.25) is 0 Å². The second-order valence-electron chi connectivity index (χ2n) is 5.97. The highest BCUT2D eigenvalue weighted by Crippen LogP contribution is 2.25. The third kappa shape index (κ3) is 5.48. The lowest BCUT2D eigenvalue weighted by Crippen LogP contribution is -2.20. The quantitative estimate of drug-likeness (QED) is 0.618. The van der Waals surface area contributed by atoms with Crippen LogP contribution in [0.1, 0.15) is 21.6 Å². The van der Waals surface area contributed by atoms with Crippen molar-refractivity contribution in [2.75, 3.05) is 17.7 Å². The zero-order valence-corrected chi connectivity index (χ0v) is 15.9. The molecule has 9 nitrogen and oxygen atoms in total. The summed E-state index contributed by atoms with van der Waals surface area (Å²) in [5, 5.41) is 5.24. The number of aryl methyl sites for hydroxylation is 1. The number of carbonyl (C=O) groups excluding carboxylic acids is 2. The van der Waals surface area contributed by atoms with Crippen LogP contribution in [-0.4, -0.2) is 34.1 Å². The van der Waals surface area contributed by atoms with Gasteiger partial charge in [-0.1, -0.05) is 6.07 Å². The number of rotatable bonds is 6. The number of amides is 2. The number of nitrogens with one attached hydrogen (secondary N) is 2. The predicted octanol–water partition coefficient (Wildman–Crippen LogP) is 3.19. The Hall–Kier alpha value is -4.01. The van der Waals surface area contributed by atoms with Gasteiger partial charge >= 0.3 is 12.0 Å². The number of esters is 1. The molecule has 0 aliphatic carbocycles. The highest BCUT2D eigenvalue weighted by molar-refractivity contribution is 6.00. The van der Waals surface area contributed by atoms with Crippen LogP contribution >= 0.6 is 0 Å². The molecule has 2 N–H and O–H groups in total. The first-order chi connectivity index (χ1) is 14.0. The second kappa shape index (κ2) is 9.27. The highest BCUT2D eigenvalue weighted by atomic mass is 16.5. The lowest BCUT2D eigenvalue weighted by atomic mass is 10.1. The molecule has 0 aliphatic rings. The van der Waals surface area contributed by atoms with E-state index in [0.29, 0.717) is 11.5 Å². The number of aromatic nitrogens is 3. The Morgan fingerprint density at radius 1 is 1.07 bits per heavy atom. The molecule has 2 heterocycles. The van der Waals surface area contributed by atoms with Crippen molar-refractivity contribution in [2.45, 2.75) is 13.5 Å². The van der Waals surface area contributed by atoms with E-state index in [1.165, 1.54) is 19.4 Å². The number of benzene rings is 1. The fourth-order valence-electron chi connectivity index (χ4n) is 2.38. The van der Waals surface area contributed by atoms with Gasteiger partial charge in [0.1, 0.15) is 17.9 Å². The van der Waals surface area contributed by atoms with Gasteiger partial charge in [0.15, 0.2) is 5.82 Å². The van der Waals surface area contributed by atoms with E-state index in [0.717, 1.165) is 11.3 Å². The highest BCUT2D eigenvalue weighted by Gasteiger charge is 2.15. The van der Waals surface area contributed by atoms with Crippen LogP contribution in [0.4, 0.5) is 16.3 Å². The number of hydrogen-bond donors (Lipinski definition) is 2. The van der Waals surface area contributed by atoms with Crippen LogP contribution in [0.3, 0.4) is 0 Å². The van der Waals surface area contributed by atoms with Crippen LogP contribution in [0.25, 0.3) is 0 Å². The van der Waals surface area contributed by atoms with Gasteiger partial charge in [-0.2, -0.15) is 0 Å². The number of ether oxygens (including phenoxy) is 2. The number of hydrogen-bond acceptors (Lipinski definition) is 7.